The summed E-state index contributed by atoms with van der Waals surface area (Å²) in [6.07, 6.45) is 3.88. The van der Waals surface area contributed by atoms with Crippen LogP contribution in [0.2, 0.25) is 0 Å². The topological polar surface area (TPSA) is 12.5 Å². The van der Waals surface area contributed by atoms with Crippen molar-refractivity contribution in [1.82, 2.24) is 4.90 Å². The number of alkyl halides is 1. The molecule has 1 saturated heterocycles. The van der Waals surface area contributed by atoms with Crippen molar-refractivity contribution in [3.8, 4) is 0 Å². The molecule has 1 atom stereocenters. The van der Waals surface area contributed by atoms with Crippen LogP contribution in [0.1, 0.15) is 33.1 Å². The smallest absolute Gasteiger partial charge is 0.0593 e. The molecule has 1 heterocycles. The quantitative estimate of drug-likeness (QED) is 0.524. The minimum Gasteiger partial charge on any atom is -0.380 e. The largest absolute Gasteiger partial charge is 0.380 e. The highest BCUT2D eigenvalue weighted by Gasteiger charge is 2.22. The highest BCUT2D eigenvalue weighted by molar-refractivity contribution is 9.09. The van der Waals surface area contributed by atoms with Gasteiger partial charge < -0.3 is 4.74 Å². The maximum atomic E-state index is 5.64. The summed E-state index contributed by atoms with van der Waals surface area (Å²) >= 11 is 3.58. The maximum absolute atomic E-state index is 5.64. The number of hydrogen-bond donors (Lipinski definition) is 0. The molecule has 1 fully saturated rings. The second kappa shape index (κ2) is 7.64. The van der Waals surface area contributed by atoms with Crippen LogP contribution in [0.25, 0.3) is 0 Å². The van der Waals surface area contributed by atoms with Crippen LogP contribution in [0.3, 0.4) is 0 Å². The molecule has 0 aromatic heterocycles. The van der Waals surface area contributed by atoms with Gasteiger partial charge in [0.25, 0.3) is 0 Å². The van der Waals surface area contributed by atoms with E-state index in [0.717, 1.165) is 37.0 Å². The van der Waals surface area contributed by atoms with Crippen LogP contribution in [-0.4, -0.2) is 42.6 Å². The lowest BCUT2D eigenvalue weighted by Crippen LogP contribution is -2.33. The van der Waals surface area contributed by atoms with Crippen molar-refractivity contribution in [2.75, 3.05) is 31.6 Å². The van der Waals surface area contributed by atoms with Crippen molar-refractivity contribution in [3.05, 3.63) is 0 Å². The fourth-order valence-corrected chi connectivity index (χ4v) is 2.70. The van der Waals surface area contributed by atoms with Gasteiger partial charge in [-0.25, -0.2) is 0 Å². The Bertz CT molecular complexity index is 164. The molecule has 0 saturated carbocycles. The van der Waals surface area contributed by atoms with Gasteiger partial charge >= 0.3 is 0 Å². The monoisotopic (exact) mass is 277 g/mol. The van der Waals surface area contributed by atoms with E-state index in [-0.39, 0.29) is 0 Å². The molecule has 1 aliphatic rings. The second-order valence-electron chi connectivity index (χ2n) is 4.78. The number of nitrogens with zero attached hydrogens (tertiary/aromatic N) is 1. The normalized spacial score (nSPS) is 22.8. The van der Waals surface area contributed by atoms with Crippen LogP contribution in [0.15, 0.2) is 0 Å². The molecule has 0 N–H and O–H groups in total. The number of hydrogen-bond acceptors (Lipinski definition) is 2. The van der Waals surface area contributed by atoms with Crippen LogP contribution >= 0.6 is 15.9 Å². The molecule has 1 unspecified atom stereocenters. The zero-order chi connectivity index (χ0) is 11.1. The average molecular weight is 278 g/mol. The zero-order valence-electron chi connectivity index (χ0n) is 10.0. The summed E-state index contributed by atoms with van der Waals surface area (Å²) in [5, 5.41) is 1.11. The molecule has 0 aromatic carbocycles. The molecule has 0 aromatic rings. The van der Waals surface area contributed by atoms with Gasteiger partial charge in [0.05, 0.1) is 6.61 Å². The molecular weight excluding hydrogens is 254 g/mol. The average Bonchev–Trinajstić information content (AvgIpc) is 2.64. The Morgan fingerprint density at radius 2 is 2.20 bits per heavy atom. The van der Waals surface area contributed by atoms with E-state index >= 15 is 0 Å². The Balaban J connectivity index is 1.99. The minimum atomic E-state index is 0.749. The fourth-order valence-electron chi connectivity index (χ4n) is 1.97. The Morgan fingerprint density at radius 3 is 2.87 bits per heavy atom. The van der Waals surface area contributed by atoms with Crippen molar-refractivity contribution < 1.29 is 4.74 Å². The number of likely N-dealkylation sites (tertiary alicyclic amines) is 1. The molecular formula is C12H24BrNO. The molecule has 3 heteroatoms. The molecule has 1 rings (SSSR count). The summed E-state index contributed by atoms with van der Waals surface area (Å²) in [5.74, 6) is 0.757. The van der Waals surface area contributed by atoms with Crippen molar-refractivity contribution in [2.24, 2.45) is 5.92 Å². The van der Waals surface area contributed by atoms with Gasteiger partial charge in [0.1, 0.15) is 0 Å². The first-order chi connectivity index (χ1) is 7.24. The molecule has 0 bridgehead atoms. The van der Waals surface area contributed by atoms with Crippen LogP contribution in [-0.2, 0) is 4.74 Å². The lowest BCUT2D eigenvalue weighted by atomic mass is 10.1. The van der Waals surface area contributed by atoms with E-state index in [1.54, 1.807) is 0 Å². The second-order valence-corrected chi connectivity index (χ2v) is 5.43. The summed E-state index contributed by atoms with van der Waals surface area (Å²) < 4.78 is 5.64. The Hall–Kier alpha value is 0.400. The Labute approximate surface area is 102 Å². The zero-order valence-corrected chi connectivity index (χ0v) is 11.6. The van der Waals surface area contributed by atoms with Gasteiger partial charge in [-0.1, -0.05) is 29.8 Å². The molecule has 0 radical (unpaired) electrons. The maximum Gasteiger partial charge on any atom is 0.0593 e. The van der Waals surface area contributed by atoms with Gasteiger partial charge in [-0.15, -0.1) is 0 Å². The molecule has 0 amide bonds. The summed E-state index contributed by atoms with van der Waals surface area (Å²) in [4.78, 5) is 2.55. The van der Waals surface area contributed by atoms with Gasteiger partial charge in [0.15, 0.2) is 0 Å². The van der Waals surface area contributed by atoms with Crippen molar-refractivity contribution in [3.63, 3.8) is 0 Å². The SMILES string of the molecule is CC(C)CCOCCN1CCCC1CBr. The standard InChI is InChI=1S/C12H24BrNO/c1-11(2)5-8-15-9-7-14-6-3-4-12(14)10-13/h11-12H,3-10H2,1-2H3. The first-order valence-corrected chi connectivity index (χ1v) is 7.24. The van der Waals surface area contributed by atoms with Gasteiger partial charge in [-0.2, -0.15) is 0 Å². The Kier molecular flexibility index (Phi) is 6.86. The van der Waals surface area contributed by atoms with Crippen LogP contribution in [0.4, 0.5) is 0 Å². The lowest BCUT2D eigenvalue weighted by molar-refractivity contribution is 0.0949. The van der Waals surface area contributed by atoms with Crippen molar-refractivity contribution >= 4 is 15.9 Å². The van der Waals surface area contributed by atoms with Gasteiger partial charge in [-0.3, -0.25) is 4.90 Å². The number of ether oxygens (including phenoxy) is 1. The van der Waals surface area contributed by atoms with Crippen molar-refractivity contribution in [1.29, 1.82) is 0 Å². The summed E-state index contributed by atoms with van der Waals surface area (Å²) in [6.45, 7) is 8.66. The highest BCUT2D eigenvalue weighted by atomic mass is 79.9. The molecule has 90 valence electrons. The molecule has 15 heavy (non-hydrogen) atoms. The van der Waals surface area contributed by atoms with E-state index in [1.165, 1.54) is 25.8 Å². The van der Waals surface area contributed by atoms with Gasteiger partial charge in [0.2, 0.25) is 0 Å². The van der Waals surface area contributed by atoms with Gasteiger partial charge in [-0.05, 0) is 31.7 Å². The minimum absolute atomic E-state index is 0.749. The molecule has 1 aliphatic heterocycles. The molecule has 0 aliphatic carbocycles. The lowest BCUT2D eigenvalue weighted by Gasteiger charge is -2.22. The van der Waals surface area contributed by atoms with Crippen molar-refractivity contribution in [2.45, 2.75) is 39.2 Å². The predicted molar refractivity (Wildman–Crippen MR) is 68.7 cm³/mol. The molecule has 2 nitrogen and oxygen atoms in total. The Morgan fingerprint density at radius 1 is 1.40 bits per heavy atom. The van der Waals surface area contributed by atoms with E-state index in [2.05, 4.69) is 34.7 Å². The van der Waals surface area contributed by atoms with Crippen LogP contribution in [0.5, 0.6) is 0 Å². The third kappa shape index (κ3) is 5.32. The molecule has 0 spiro atoms. The summed E-state index contributed by atoms with van der Waals surface area (Å²) in [6, 6.07) is 0.749. The first kappa shape index (κ1) is 13.5. The van der Waals surface area contributed by atoms with E-state index in [9.17, 15) is 0 Å². The third-order valence-electron chi connectivity index (χ3n) is 3.04. The highest BCUT2D eigenvalue weighted by Crippen LogP contribution is 2.18. The summed E-state index contributed by atoms with van der Waals surface area (Å²) in [7, 11) is 0. The predicted octanol–water partition coefficient (Wildman–Crippen LogP) is 2.91. The van der Waals surface area contributed by atoms with E-state index in [1.807, 2.05) is 0 Å². The van der Waals surface area contributed by atoms with E-state index in [4.69, 9.17) is 4.74 Å². The fraction of sp³-hybridized carbons (Fsp3) is 1.00. The number of halogens is 1. The third-order valence-corrected chi connectivity index (χ3v) is 3.79. The first-order valence-electron chi connectivity index (χ1n) is 6.11. The van der Waals surface area contributed by atoms with Crippen LogP contribution < -0.4 is 0 Å². The van der Waals surface area contributed by atoms with Gasteiger partial charge in [0, 0.05) is 24.5 Å². The van der Waals surface area contributed by atoms with E-state index < -0.39 is 0 Å². The van der Waals surface area contributed by atoms with E-state index in [0.29, 0.717) is 0 Å². The number of rotatable bonds is 7. The van der Waals surface area contributed by atoms with Crippen LogP contribution in [0, 0.1) is 5.92 Å². The summed E-state index contributed by atoms with van der Waals surface area (Å²) in [5.41, 5.74) is 0.